The Bertz CT molecular complexity index is 765. The van der Waals surface area contributed by atoms with Crippen LogP contribution in [0.2, 0.25) is 0 Å². The van der Waals surface area contributed by atoms with Crippen LogP contribution < -0.4 is 5.63 Å². The molecule has 1 saturated heterocycles. The van der Waals surface area contributed by atoms with Gasteiger partial charge in [-0.25, -0.2) is 4.79 Å². The predicted octanol–water partition coefficient (Wildman–Crippen LogP) is 2.51. The van der Waals surface area contributed by atoms with Crippen molar-refractivity contribution < 1.29 is 9.15 Å². The third-order valence-electron chi connectivity index (χ3n) is 4.99. The molecule has 136 valence electrons. The van der Waals surface area contributed by atoms with Crippen LogP contribution in [-0.2, 0) is 17.7 Å². The van der Waals surface area contributed by atoms with Gasteiger partial charge in [0.1, 0.15) is 5.58 Å². The molecule has 1 fully saturated rings. The summed E-state index contributed by atoms with van der Waals surface area (Å²) in [6.07, 6.45) is 0.971. The average Bonchev–Trinajstić information content (AvgIpc) is 2.62. The highest BCUT2D eigenvalue weighted by molar-refractivity contribution is 5.80. The number of ether oxygens (including phenoxy) is 1. The highest BCUT2D eigenvalue weighted by Crippen LogP contribution is 2.20. The highest BCUT2D eigenvalue weighted by Gasteiger charge is 2.19. The Balaban J connectivity index is 1.75. The maximum absolute atomic E-state index is 11.9. The van der Waals surface area contributed by atoms with E-state index in [1.54, 1.807) is 6.07 Å². The van der Waals surface area contributed by atoms with Gasteiger partial charge in [-0.15, -0.1) is 0 Å². The van der Waals surface area contributed by atoms with E-state index in [-0.39, 0.29) is 5.63 Å². The largest absolute Gasteiger partial charge is 0.423 e. The van der Waals surface area contributed by atoms with Gasteiger partial charge in [-0.3, -0.25) is 4.90 Å². The van der Waals surface area contributed by atoms with E-state index in [2.05, 4.69) is 36.8 Å². The lowest BCUT2D eigenvalue weighted by Crippen LogP contribution is -2.46. The van der Waals surface area contributed by atoms with E-state index >= 15 is 0 Å². The maximum Gasteiger partial charge on any atom is 0.336 e. The van der Waals surface area contributed by atoms with Crippen molar-refractivity contribution in [2.45, 2.75) is 32.9 Å². The van der Waals surface area contributed by atoms with Gasteiger partial charge in [0.25, 0.3) is 0 Å². The first-order chi connectivity index (χ1) is 12.1. The fourth-order valence-electron chi connectivity index (χ4n) is 3.57. The van der Waals surface area contributed by atoms with Crippen molar-refractivity contribution in [2.24, 2.45) is 0 Å². The predicted molar refractivity (Wildman–Crippen MR) is 100 cm³/mol. The number of nitrogens with zero attached hydrogens (tertiary/aromatic N) is 2. The summed E-state index contributed by atoms with van der Waals surface area (Å²) in [5.74, 6) is 0. The molecule has 3 rings (SSSR count). The number of hydrogen-bond donors (Lipinski definition) is 0. The fourth-order valence-corrected chi connectivity index (χ4v) is 3.57. The first kappa shape index (κ1) is 18.1. The standard InChI is InChI=1S/C20H28N2O3/c1-4-16-5-6-19-18(11-16)17(12-20(23)25-19)14-21(3)13-15(2)22-7-9-24-10-8-22/h5-6,11-12,15H,4,7-10,13-14H2,1-3H3. The molecule has 1 aromatic carbocycles. The van der Waals surface area contributed by atoms with E-state index in [0.29, 0.717) is 11.6 Å². The molecule has 0 saturated carbocycles. The number of morpholine rings is 1. The van der Waals surface area contributed by atoms with E-state index in [9.17, 15) is 4.79 Å². The topological polar surface area (TPSA) is 45.9 Å². The molecule has 1 atom stereocenters. The molecule has 2 aromatic rings. The van der Waals surface area contributed by atoms with E-state index in [0.717, 1.165) is 56.8 Å². The molecule has 1 aliphatic rings. The highest BCUT2D eigenvalue weighted by atomic mass is 16.5. The molecule has 0 spiro atoms. The van der Waals surface area contributed by atoms with Crippen LogP contribution in [0.25, 0.3) is 11.0 Å². The summed E-state index contributed by atoms with van der Waals surface area (Å²) in [6, 6.07) is 8.19. The summed E-state index contributed by atoms with van der Waals surface area (Å²) >= 11 is 0. The normalized spacial score (nSPS) is 17.3. The van der Waals surface area contributed by atoms with Crippen LogP contribution in [0, 0.1) is 0 Å². The average molecular weight is 344 g/mol. The maximum atomic E-state index is 11.9. The summed E-state index contributed by atoms with van der Waals surface area (Å²) in [5.41, 5.74) is 2.70. The fraction of sp³-hybridized carbons (Fsp3) is 0.550. The lowest BCUT2D eigenvalue weighted by atomic mass is 10.1. The van der Waals surface area contributed by atoms with E-state index in [1.807, 2.05) is 12.1 Å². The molecule has 1 unspecified atom stereocenters. The van der Waals surface area contributed by atoms with Crippen molar-refractivity contribution in [1.29, 1.82) is 0 Å². The number of hydrogen-bond acceptors (Lipinski definition) is 5. The molecule has 0 radical (unpaired) electrons. The minimum Gasteiger partial charge on any atom is -0.423 e. The van der Waals surface area contributed by atoms with Crippen LogP contribution in [0.1, 0.15) is 25.0 Å². The zero-order valence-electron chi connectivity index (χ0n) is 15.5. The molecule has 5 nitrogen and oxygen atoms in total. The Morgan fingerprint density at radius 3 is 2.72 bits per heavy atom. The first-order valence-corrected chi connectivity index (χ1v) is 9.13. The van der Waals surface area contributed by atoms with Gasteiger partial charge in [-0.05, 0) is 43.7 Å². The minimum absolute atomic E-state index is 0.277. The van der Waals surface area contributed by atoms with Crippen LogP contribution in [0.4, 0.5) is 0 Å². The van der Waals surface area contributed by atoms with Crippen molar-refractivity contribution in [3.05, 3.63) is 45.8 Å². The van der Waals surface area contributed by atoms with Crippen LogP contribution >= 0.6 is 0 Å². The summed E-state index contributed by atoms with van der Waals surface area (Å²) in [7, 11) is 2.11. The van der Waals surface area contributed by atoms with Gasteiger partial charge in [0, 0.05) is 43.7 Å². The zero-order chi connectivity index (χ0) is 17.8. The number of likely N-dealkylation sites (N-methyl/N-ethyl adjacent to an activating group) is 1. The molecule has 5 heteroatoms. The molecule has 25 heavy (non-hydrogen) atoms. The minimum atomic E-state index is -0.277. The number of aryl methyl sites for hydroxylation is 1. The van der Waals surface area contributed by atoms with Crippen LogP contribution in [0.15, 0.2) is 33.5 Å². The number of fused-ring (bicyclic) bond motifs is 1. The van der Waals surface area contributed by atoms with Gasteiger partial charge >= 0.3 is 5.63 Å². The number of benzene rings is 1. The number of rotatable bonds is 6. The lowest BCUT2D eigenvalue weighted by Gasteiger charge is -2.34. The summed E-state index contributed by atoms with van der Waals surface area (Å²) in [4.78, 5) is 16.7. The van der Waals surface area contributed by atoms with E-state index in [1.165, 1.54) is 5.56 Å². The third kappa shape index (κ3) is 4.48. The van der Waals surface area contributed by atoms with Gasteiger partial charge in [-0.1, -0.05) is 13.0 Å². The van der Waals surface area contributed by atoms with Crippen molar-refractivity contribution in [1.82, 2.24) is 9.80 Å². The summed E-state index contributed by atoms with van der Waals surface area (Å²) in [5, 5.41) is 1.05. The van der Waals surface area contributed by atoms with Gasteiger partial charge in [0.15, 0.2) is 0 Å². The second kappa shape index (κ2) is 8.13. The Morgan fingerprint density at radius 1 is 1.24 bits per heavy atom. The third-order valence-corrected chi connectivity index (χ3v) is 4.99. The van der Waals surface area contributed by atoms with E-state index in [4.69, 9.17) is 9.15 Å². The van der Waals surface area contributed by atoms with Gasteiger partial charge in [0.2, 0.25) is 0 Å². The Morgan fingerprint density at radius 2 is 2.00 bits per heavy atom. The van der Waals surface area contributed by atoms with Crippen molar-refractivity contribution >= 4 is 11.0 Å². The molecular weight excluding hydrogens is 316 g/mol. The monoisotopic (exact) mass is 344 g/mol. The molecule has 0 amide bonds. The Hall–Kier alpha value is -1.69. The van der Waals surface area contributed by atoms with Crippen molar-refractivity contribution in [2.75, 3.05) is 39.9 Å². The molecule has 0 bridgehead atoms. The Labute approximate surface area is 149 Å². The Kier molecular flexibility index (Phi) is 5.89. The van der Waals surface area contributed by atoms with Crippen molar-refractivity contribution in [3.8, 4) is 0 Å². The molecular formula is C20H28N2O3. The second-order valence-electron chi connectivity index (χ2n) is 6.97. The van der Waals surface area contributed by atoms with Crippen LogP contribution in [0.5, 0.6) is 0 Å². The smallest absolute Gasteiger partial charge is 0.336 e. The first-order valence-electron chi connectivity index (χ1n) is 9.13. The lowest BCUT2D eigenvalue weighted by molar-refractivity contribution is 0.0137. The summed E-state index contributed by atoms with van der Waals surface area (Å²) in [6.45, 7) is 9.71. The second-order valence-corrected chi connectivity index (χ2v) is 6.97. The molecule has 0 N–H and O–H groups in total. The quantitative estimate of drug-likeness (QED) is 0.754. The molecule has 2 heterocycles. The molecule has 0 aliphatic carbocycles. The van der Waals surface area contributed by atoms with Gasteiger partial charge < -0.3 is 14.1 Å². The van der Waals surface area contributed by atoms with Crippen molar-refractivity contribution in [3.63, 3.8) is 0 Å². The van der Waals surface area contributed by atoms with Crippen LogP contribution in [-0.4, -0.2) is 55.7 Å². The van der Waals surface area contributed by atoms with Gasteiger partial charge in [0.05, 0.1) is 13.2 Å². The molecule has 1 aliphatic heterocycles. The van der Waals surface area contributed by atoms with Gasteiger partial charge in [-0.2, -0.15) is 0 Å². The zero-order valence-corrected chi connectivity index (χ0v) is 15.5. The summed E-state index contributed by atoms with van der Waals surface area (Å²) < 4.78 is 10.8. The van der Waals surface area contributed by atoms with E-state index < -0.39 is 0 Å². The van der Waals surface area contributed by atoms with Crippen LogP contribution in [0.3, 0.4) is 0 Å². The molecule has 1 aromatic heterocycles. The SMILES string of the molecule is CCc1ccc2oc(=O)cc(CN(C)CC(C)N3CCOCC3)c2c1.